The van der Waals surface area contributed by atoms with Crippen LogP contribution in [0, 0.1) is 17.2 Å². The third-order valence-electron chi connectivity index (χ3n) is 3.04. The fourth-order valence-corrected chi connectivity index (χ4v) is 2.94. The third kappa shape index (κ3) is 3.43. The van der Waals surface area contributed by atoms with E-state index in [0.717, 1.165) is 11.7 Å². The van der Waals surface area contributed by atoms with Crippen LogP contribution in [-0.4, -0.2) is 19.7 Å². The smallest absolute Gasteiger partial charge is 0.200 e. The highest BCUT2D eigenvalue weighted by molar-refractivity contribution is 7.99. The van der Waals surface area contributed by atoms with Crippen LogP contribution in [0.1, 0.15) is 19.5 Å². The number of aromatic nitrogens is 4. The Kier molecular flexibility index (Phi) is 4.44. The van der Waals surface area contributed by atoms with Gasteiger partial charge >= 0.3 is 0 Å². The van der Waals surface area contributed by atoms with E-state index in [1.807, 2.05) is 34.9 Å². The zero-order chi connectivity index (χ0) is 16.2. The topological polar surface area (TPSA) is 80.5 Å². The van der Waals surface area contributed by atoms with E-state index in [2.05, 4.69) is 29.0 Å². The third-order valence-corrected chi connectivity index (χ3v) is 3.96. The van der Waals surface area contributed by atoms with E-state index in [-0.39, 0.29) is 0 Å². The van der Waals surface area contributed by atoms with Crippen LogP contribution in [0.25, 0.3) is 11.6 Å². The fraction of sp³-hybridized carbons (Fsp3) is 0.250. The number of nitrogens with zero attached hydrogens (tertiary/aromatic N) is 5. The van der Waals surface area contributed by atoms with Crippen molar-refractivity contribution in [2.75, 3.05) is 0 Å². The van der Waals surface area contributed by atoms with Crippen LogP contribution in [0.4, 0.5) is 0 Å². The van der Waals surface area contributed by atoms with Crippen molar-refractivity contribution < 1.29 is 4.42 Å². The Balaban J connectivity index is 1.97. The Morgan fingerprint density at radius 2 is 2.13 bits per heavy atom. The molecule has 3 aromatic rings. The molecular formula is C16H15N5OS. The summed E-state index contributed by atoms with van der Waals surface area (Å²) < 4.78 is 7.47. The van der Waals surface area contributed by atoms with Gasteiger partial charge in [-0.1, -0.05) is 19.9 Å². The van der Waals surface area contributed by atoms with Crippen LogP contribution >= 0.6 is 11.8 Å². The molecule has 0 radical (unpaired) electrons. The maximum atomic E-state index is 8.96. The second-order valence-electron chi connectivity index (χ2n) is 5.36. The largest absolute Gasteiger partial charge is 0.461 e. The molecular weight excluding hydrogens is 310 g/mol. The van der Waals surface area contributed by atoms with Crippen LogP contribution in [0.2, 0.25) is 0 Å². The van der Waals surface area contributed by atoms with Crippen LogP contribution in [0.3, 0.4) is 0 Å². The SMILES string of the molecule is CC(C)Cn1c(Sc2cccc(C#N)n2)nnc1-c1ccco1. The molecule has 0 saturated carbocycles. The number of nitriles is 1. The maximum absolute atomic E-state index is 8.96. The van der Waals surface area contributed by atoms with Crippen molar-refractivity contribution in [3.63, 3.8) is 0 Å². The first-order valence-electron chi connectivity index (χ1n) is 7.19. The van der Waals surface area contributed by atoms with E-state index in [1.165, 1.54) is 11.8 Å². The lowest BCUT2D eigenvalue weighted by Gasteiger charge is -2.11. The van der Waals surface area contributed by atoms with Gasteiger partial charge in [0.15, 0.2) is 16.7 Å². The van der Waals surface area contributed by atoms with E-state index in [0.29, 0.717) is 28.2 Å². The Bertz CT molecular complexity index is 833. The van der Waals surface area contributed by atoms with Crippen molar-refractivity contribution in [3.05, 3.63) is 42.3 Å². The van der Waals surface area contributed by atoms with Gasteiger partial charge in [0.1, 0.15) is 16.8 Å². The predicted molar refractivity (Wildman–Crippen MR) is 85.6 cm³/mol. The molecule has 0 amide bonds. The highest BCUT2D eigenvalue weighted by atomic mass is 32.2. The van der Waals surface area contributed by atoms with E-state index >= 15 is 0 Å². The maximum Gasteiger partial charge on any atom is 0.200 e. The van der Waals surface area contributed by atoms with Gasteiger partial charge in [0.25, 0.3) is 0 Å². The summed E-state index contributed by atoms with van der Waals surface area (Å²) in [5.41, 5.74) is 0.385. The molecule has 0 aliphatic carbocycles. The second-order valence-corrected chi connectivity index (χ2v) is 6.35. The number of furan rings is 1. The Hall–Kier alpha value is -2.59. The summed E-state index contributed by atoms with van der Waals surface area (Å²) in [4.78, 5) is 4.28. The molecule has 6 nitrogen and oxygen atoms in total. The zero-order valence-corrected chi connectivity index (χ0v) is 13.6. The minimum absolute atomic E-state index is 0.385. The molecule has 0 N–H and O–H groups in total. The van der Waals surface area contributed by atoms with Crippen molar-refractivity contribution in [1.29, 1.82) is 5.26 Å². The summed E-state index contributed by atoms with van der Waals surface area (Å²) in [6.07, 6.45) is 1.62. The summed E-state index contributed by atoms with van der Waals surface area (Å²) in [7, 11) is 0. The fourth-order valence-electron chi connectivity index (χ4n) is 2.11. The zero-order valence-electron chi connectivity index (χ0n) is 12.8. The molecule has 0 atom stereocenters. The van der Waals surface area contributed by atoms with Gasteiger partial charge in [-0.2, -0.15) is 5.26 Å². The molecule has 0 spiro atoms. The van der Waals surface area contributed by atoms with E-state index in [4.69, 9.17) is 9.68 Å². The molecule has 0 aliphatic rings. The Morgan fingerprint density at radius 1 is 1.26 bits per heavy atom. The molecule has 0 fully saturated rings. The number of hydrogen-bond acceptors (Lipinski definition) is 6. The van der Waals surface area contributed by atoms with Crippen molar-refractivity contribution >= 4 is 11.8 Å². The lowest BCUT2D eigenvalue weighted by molar-refractivity contribution is 0.489. The molecule has 7 heteroatoms. The standard InChI is InChI=1S/C16H15N5OS/c1-11(2)10-21-15(13-6-4-8-22-13)19-20-16(21)23-14-7-3-5-12(9-17)18-14/h3-8,11H,10H2,1-2H3. The number of hydrogen-bond donors (Lipinski definition) is 0. The van der Waals surface area contributed by atoms with Crippen LogP contribution in [-0.2, 0) is 6.54 Å². The van der Waals surface area contributed by atoms with Crippen molar-refractivity contribution in [1.82, 2.24) is 19.7 Å². The van der Waals surface area contributed by atoms with Crippen molar-refractivity contribution in [3.8, 4) is 17.7 Å². The molecule has 3 aromatic heterocycles. The Morgan fingerprint density at radius 3 is 2.83 bits per heavy atom. The minimum atomic E-state index is 0.385. The first kappa shape index (κ1) is 15.3. The van der Waals surface area contributed by atoms with Gasteiger partial charge in [-0.15, -0.1) is 10.2 Å². The molecule has 23 heavy (non-hydrogen) atoms. The van der Waals surface area contributed by atoms with Crippen molar-refractivity contribution in [2.24, 2.45) is 5.92 Å². The van der Waals surface area contributed by atoms with Gasteiger partial charge in [0, 0.05) is 6.54 Å². The average Bonchev–Trinajstić information content (AvgIpc) is 3.18. The highest BCUT2D eigenvalue weighted by Crippen LogP contribution is 2.29. The average molecular weight is 325 g/mol. The summed E-state index contributed by atoms with van der Waals surface area (Å²) >= 11 is 1.39. The van der Waals surface area contributed by atoms with E-state index < -0.39 is 0 Å². The van der Waals surface area contributed by atoms with Crippen LogP contribution in [0.5, 0.6) is 0 Å². The molecule has 116 valence electrons. The van der Waals surface area contributed by atoms with Gasteiger partial charge in [0.2, 0.25) is 0 Å². The normalized spacial score (nSPS) is 10.9. The van der Waals surface area contributed by atoms with Gasteiger partial charge in [-0.05, 0) is 41.9 Å². The molecule has 3 rings (SSSR count). The molecule has 0 aliphatic heterocycles. The Labute approximate surface area is 138 Å². The number of pyridine rings is 1. The van der Waals surface area contributed by atoms with Crippen LogP contribution < -0.4 is 0 Å². The summed E-state index contributed by atoms with van der Waals surface area (Å²) in [5, 5.41) is 18.9. The molecule has 0 aromatic carbocycles. The second kappa shape index (κ2) is 6.67. The monoisotopic (exact) mass is 325 g/mol. The summed E-state index contributed by atoms with van der Waals surface area (Å²) in [5.74, 6) is 1.81. The predicted octanol–water partition coefficient (Wildman–Crippen LogP) is 3.61. The van der Waals surface area contributed by atoms with Gasteiger partial charge in [-0.25, -0.2) is 4.98 Å². The van der Waals surface area contributed by atoms with E-state index in [9.17, 15) is 0 Å². The molecule has 3 heterocycles. The highest BCUT2D eigenvalue weighted by Gasteiger charge is 2.18. The van der Waals surface area contributed by atoms with Gasteiger partial charge < -0.3 is 4.42 Å². The lowest BCUT2D eigenvalue weighted by Crippen LogP contribution is -2.07. The summed E-state index contributed by atoms with van der Waals surface area (Å²) in [6, 6.07) is 11.1. The van der Waals surface area contributed by atoms with Crippen molar-refractivity contribution in [2.45, 2.75) is 30.6 Å². The number of rotatable bonds is 5. The van der Waals surface area contributed by atoms with Crippen LogP contribution in [0.15, 0.2) is 51.2 Å². The van der Waals surface area contributed by atoms with E-state index in [1.54, 1.807) is 12.3 Å². The quantitative estimate of drug-likeness (QED) is 0.713. The summed E-state index contributed by atoms with van der Waals surface area (Å²) in [6.45, 7) is 5.03. The first-order chi connectivity index (χ1) is 11.2. The minimum Gasteiger partial charge on any atom is -0.461 e. The first-order valence-corrected chi connectivity index (χ1v) is 8.01. The molecule has 0 bridgehead atoms. The lowest BCUT2D eigenvalue weighted by atomic mass is 10.2. The van der Waals surface area contributed by atoms with Gasteiger partial charge in [-0.3, -0.25) is 4.57 Å². The molecule has 0 saturated heterocycles. The van der Waals surface area contributed by atoms with Gasteiger partial charge in [0.05, 0.1) is 6.26 Å². The molecule has 0 unspecified atom stereocenters.